The number of nitrogens with one attached hydrogen (secondary N) is 1. The molecule has 34 heavy (non-hydrogen) atoms. The van der Waals surface area contributed by atoms with Gasteiger partial charge in [0.25, 0.3) is 5.91 Å². The van der Waals surface area contributed by atoms with Gasteiger partial charge in [0, 0.05) is 19.0 Å². The van der Waals surface area contributed by atoms with Gasteiger partial charge in [0.15, 0.2) is 6.10 Å². The van der Waals surface area contributed by atoms with E-state index in [-0.39, 0.29) is 23.8 Å². The topological polar surface area (TPSA) is 58.6 Å². The van der Waals surface area contributed by atoms with Crippen LogP contribution in [0.4, 0.5) is 0 Å². The van der Waals surface area contributed by atoms with Gasteiger partial charge in [-0.15, -0.1) is 0 Å². The van der Waals surface area contributed by atoms with E-state index in [1.54, 1.807) is 6.92 Å². The Morgan fingerprint density at radius 2 is 1.88 bits per heavy atom. The largest absolute Gasteiger partial charge is 0.481 e. The maximum atomic E-state index is 13.6. The Hall–Kier alpha value is -2.82. The van der Waals surface area contributed by atoms with Crippen LogP contribution in [0.3, 0.4) is 0 Å². The van der Waals surface area contributed by atoms with Crippen molar-refractivity contribution in [1.29, 1.82) is 0 Å². The quantitative estimate of drug-likeness (QED) is 0.636. The van der Waals surface area contributed by atoms with E-state index < -0.39 is 6.10 Å². The van der Waals surface area contributed by atoms with Crippen molar-refractivity contribution in [2.24, 2.45) is 11.8 Å². The summed E-state index contributed by atoms with van der Waals surface area (Å²) in [6.45, 7) is 5.37. The normalized spacial score (nSPS) is 21.1. The third-order valence-electron chi connectivity index (χ3n) is 7.63. The van der Waals surface area contributed by atoms with E-state index >= 15 is 0 Å². The Balaban J connectivity index is 1.42. The highest BCUT2D eigenvalue weighted by molar-refractivity contribution is 5.81. The van der Waals surface area contributed by atoms with Crippen LogP contribution in [0.15, 0.2) is 42.5 Å². The van der Waals surface area contributed by atoms with Crippen LogP contribution in [0.5, 0.6) is 5.75 Å². The molecule has 0 bridgehead atoms. The molecule has 2 unspecified atom stereocenters. The molecular formula is C29H36N2O3. The van der Waals surface area contributed by atoms with Crippen molar-refractivity contribution < 1.29 is 14.3 Å². The van der Waals surface area contributed by atoms with Crippen LogP contribution in [0.25, 0.3) is 0 Å². The smallest absolute Gasteiger partial charge is 0.260 e. The van der Waals surface area contributed by atoms with Crippen molar-refractivity contribution in [3.63, 3.8) is 0 Å². The maximum absolute atomic E-state index is 13.6. The molecular weight excluding hydrogens is 424 g/mol. The second-order valence-electron chi connectivity index (χ2n) is 10.4. The monoisotopic (exact) mass is 460 g/mol. The molecule has 2 aromatic carbocycles. The van der Waals surface area contributed by atoms with Gasteiger partial charge < -0.3 is 15.0 Å². The van der Waals surface area contributed by atoms with Crippen molar-refractivity contribution in [2.45, 2.75) is 70.9 Å². The second kappa shape index (κ2) is 9.81. The summed E-state index contributed by atoms with van der Waals surface area (Å²) in [6.07, 6.45) is 6.98. The van der Waals surface area contributed by atoms with E-state index in [0.29, 0.717) is 11.7 Å². The minimum absolute atomic E-state index is 0.0714. The molecule has 2 aromatic rings. The zero-order chi connectivity index (χ0) is 23.7. The molecule has 2 amide bonds. The molecule has 3 aliphatic rings. The number of ether oxygens (including phenoxy) is 1. The maximum Gasteiger partial charge on any atom is 0.260 e. The molecule has 1 N–H and O–H groups in total. The Kier molecular flexibility index (Phi) is 6.62. The number of hydrogen-bond acceptors (Lipinski definition) is 3. The molecule has 0 radical (unpaired) electrons. The summed E-state index contributed by atoms with van der Waals surface area (Å²) in [7, 11) is 0. The van der Waals surface area contributed by atoms with Gasteiger partial charge in [-0.25, -0.2) is 0 Å². The van der Waals surface area contributed by atoms with Gasteiger partial charge in [0.05, 0.1) is 6.04 Å². The van der Waals surface area contributed by atoms with Gasteiger partial charge in [-0.3, -0.25) is 9.59 Å². The van der Waals surface area contributed by atoms with Crippen molar-refractivity contribution in [3.05, 3.63) is 64.7 Å². The lowest BCUT2D eigenvalue weighted by molar-refractivity contribution is -0.137. The molecule has 5 nitrogen and oxygen atoms in total. The number of carbonyl (C=O) groups is 2. The first-order valence-electron chi connectivity index (χ1n) is 12.9. The fourth-order valence-electron chi connectivity index (χ4n) is 5.48. The summed E-state index contributed by atoms with van der Waals surface area (Å²) in [5, 5.41) is 3.00. The van der Waals surface area contributed by atoms with Gasteiger partial charge in [-0.2, -0.15) is 0 Å². The number of nitrogens with zero attached hydrogens (tertiary/aromatic N) is 1. The van der Waals surface area contributed by atoms with Crippen molar-refractivity contribution >= 4 is 11.8 Å². The van der Waals surface area contributed by atoms with E-state index in [1.165, 1.54) is 24.0 Å². The molecule has 5 rings (SSSR count). The molecule has 5 heteroatoms. The standard InChI is InChI=1S/C29H36N2O3/c1-19-6-5-9-24(16-19)27-26-17-25(34-20(2)28(32)30-18-21-10-11-21)13-12-22(26)14-15-31(27)29(33)23-7-3-4-8-23/h5-6,9,12-13,16-17,20-21,23,27H,3-4,7-8,10-11,14-15,18H2,1-2H3,(H,30,32). The molecule has 1 aliphatic heterocycles. The highest BCUT2D eigenvalue weighted by Gasteiger charge is 2.36. The Morgan fingerprint density at radius 1 is 1.09 bits per heavy atom. The lowest BCUT2D eigenvalue weighted by Crippen LogP contribution is -2.43. The number of amides is 2. The summed E-state index contributed by atoms with van der Waals surface area (Å²) in [4.78, 5) is 28.2. The predicted octanol–water partition coefficient (Wildman–Crippen LogP) is 4.95. The lowest BCUT2D eigenvalue weighted by Gasteiger charge is -2.39. The SMILES string of the molecule is Cc1cccc(C2c3cc(OC(C)C(=O)NCC4CC4)ccc3CCN2C(=O)C2CCCC2)c1. The summed E-state index contributed by atoms with van der Waals surface area (Å²) in [6, 6.07) is 14.5. The molecule has 2 fully saturated rings. The van der Waals surface area contributed by atoms with Crippen LogP contribution < -0.4 is 10.1 Å². The summed E-state index contributed by atoms with van der Waals surface area (Å²) in [5.41, 5.74) is 4.69. The van der Waals surface area contributed by atoms with E-state index in [2.05, 4.69) is 53.5 Å². The minimum Gasteiger partial charge on any atom is -0.481 e. The fourth-order valence-corrected chi connectivity index (χ4v) is 5.48. The van der Waals surface area contributed by atoms with Gasteiger partial charge in [0.1, 0.15) is 5.75 Å². The number of aryl methyl sites for hydroxylation is 1. The third-order valence-corrected chi connectivity index (χ3v) is 7.63. The van der Waals surface area contributed by atoms with Gasteiger partial charge in [-0.1, -0.05) is 48.7 Å². The number of rotatable bonds is 7. The van der Waals surface area contributed by atoms with Crippen molar-refractivity contribution in [1.82, 2.24) is 10.2 Å². The van der Waals surface area contributed by atoms with Crippen LogP contribution in [-0.2, 0) is 16.0 Å². The third kappa shape index (κ3) is 4.98. The van der Waals surface area contributed by atoms with Crippen LogP contribution in [0.1, 0.15) is 73.7 Å². The fraction of sp³-hybridized carbons (Fsp3) is 0.517. The number of carbonyl (C=O) groups excluding carboxylic acids is 2. The van der Waals surface area contributed by atoms with Crippen molar-refractivity contribution in [2.75, 3.05) is 13.1 Å². The Labute approximate surface area is 202 Å². The number of fused-ring (bicyclic) bond motifs is 1. The molecule has 0 spiro atoms. The Bertz CT molecular complexity index is 1060. The molecule has 0 aromatic heterocycles. The molecule has 2 aliphatic carbocycles. The molecule has 0 saturated heterocycles. The van der Waals surface area contributed by atoms with Crippen LogP contribution in [0, 0.1) is 18.8 Å². The van der Waals surface area contributed by atoms with Gasteiger partial charge >= 0.3 is 0 Å². The van der Waals surface area contributed by atoms with Gasteiger partial charge in [0.2, 0.25) is 5.91 Å². The van der Waals surface area contributed by atoms with Crippen LogP contribution >= 0.6 is 0 Å². The highest BCUT2D eigenvalue weighted by atomic mass is 16.5. The first-order valence-corrected chi connectivity index (χ1v) is 12.9. The number of hydrogen-bond donors (Lipinski definition) is 1. The summed E-state index contributed by atoms with van der Waals surface area (Å²) < 4.78 is 6.08. The molecule has 1 heterocycles. The van der Waals surface area contributed by atoms with E-state index in [9.17, 15) is 9.59 Å². The summed E-state index contributed by atoms with van der Waals surface area (Å²) in [5.74, 6) is 1.68. The zero-order valence-corrected chi connectivity index (χ0v) is 20.4. The first-order chi connectivity index (χ1) is 16.5. The van der Waals surface area contributed by atoms with Gasteiger partial charge in [-0.05, 0) is 80.7 Å². The average Bonchev–Trinajstić information content (AvgIpc) is 3.51. The molecule has 2 atom stereocenters. The van der Waals surface area contributed by atoms with Crippen molar-refractivity contribution in [3.8, 4) is 5.75 Å². The average molecular weight is 461 g/mol. The predicted molar refractivity (Wildman–Crippen MR) is 133 cm³/mol. The van der Waals surface area contributed by atoms with Crippen LogP contribution in [0.2, 0.25) is 0 Å². The Morgan fingerprint density at radius 3 is 2.62 bits per heavy atom. The molecule has 2 saturated carbocycles. The van der Waals surface area contributed by atoms with Crippen LogP contribution in [-0.4, -0.2) is 35.9 Å². The zero-order valence-electron chi connectivity index (χ0n) is 20.4. The number of benzene rings is 2. The molecule has 180 valence electrons. The van der Waals surface area contributed by atoms with E-state index in [0.717, 1.165) is 56.3 Å². The lowest BCUT2D eigenvalue weighted by atomic mass is 9.86. The first kappa shape index (κ1) is 22.9. The van der Waals surface area contributed by atoms with E-state index in [4.69, 9.17) is 4.74 Å². The highest BCUT2D eigenvalue weighted by Crippen LogP contribution is 2.40. The minimum atomic E-state index is -0.561. The summed E-state index contributed by atoms with van der Waals surface area (Å²) >= 11 is 0. The van der Waals surface area contributed by atoms with E-state index in [1.807, 2.05) is 6.07 Å². The second-order valence-corrected chi connectivity index (χ2v) is 10.4.